The van der Waals surface area contributed by atoms with E-state index in [1.54, 1.807) is 7.11 Å². The molecule has 0 saturated heterocycles. The van der Waals surface area contributed by atoms with Gasteiger partial charge >= 0.3 is 0 Å². The van der Waals surface area contributed by atoms with Gasteiger partial charge in [0, 0.05) is 24.7 Å². The molecule has 5 heteroatoms. The number of aryl methyl sites for hydroxylation is 1. The fourth-order valence-corrected chi connectivity index (χ4v) is 2.49. The normalized spacial score (nSPS) is 13.2. The minimum Gasteiger partial charge on any atom is -0.383 e. The van der Waals surface area contributed by atoms with Gasteiger partial charge in [-0.3, -0.25) is 4.99 Å². The number of hydrogen-bond acceptors (Lipinski definition) is 3. The molecule has 1 rings (SSSR count). The van der Waals surface area contributed by atoms with E-state index in [2.05, 4.69) is 41.5 Å². The van der Waals surface area contributed by atoms with E-state index < -0.39 is 0 Å². The molecule has 1 aromatic carbocycles. The van der Waals surface area contributed by atoms with Crippen molar-refractivity contribution >= 4 is 17.7 Å². The van der Waals surface area contributed by atoms with E-state index in [-0.39, 0.29) is 6.04 Å². The molecule has 0 amide bonds. The number of nitrogens with two attached hydrogens (primary N) is 1. The summed E-state index contributed by atoms with van der Waals surface area (Å²) in [5.41, 5.74) is 8.44. The Kier molecular flexibility index (Phi) is 8.14. The lowest BCUT2D eigenvalue weighted by Crippen LogP contribution is -2.40. The summed E-state index contributed by atoms with van der Waals surface area (Å²) in [7, 11) is 1.67. The molecule has 0 saturated carbocycles. The highest BCUT2D eigenvalue weighted by atomic mass is 32.2. The van der Waals surface area contributed by atoms with Gasteiger partial charge in [-0.15, -0.1) is 0 Å². The van der Waals surface area contributed by atoms with E-state index in [1.165, 1.54) is 11.1 Å². The van der Waals surface area contributed by atoms with Gasteiger partial charge in [-0.05, 0) is 19.4 Å². The summed E-state index contributed by atoms with van der Waals surface area (Å²) in [5.74, 6) is 2.48. The van der Waals surface area contributed by atoms with Gasteiger partial charge in [0.2, 0.25) is 0 Å². The van der Waals surface area contributed by atoms with E-state index in [1.807, 2.05) is 18.7 Å². The number of nitrogens with one attached hydrogen (secondary N) is 1. The molecule has 0 fully saturated rings. The number of methoxy groups -OCH3 is 1. The van der Waals surface area contributed by atoms with Crippen molar-refractivity contribution in [2.45, 2.75) is 25.6 Å². The third-order valence-electron chi connectivity index (χ3n) is 2.72. The van der Waals surface area contributed by atoms with Crippen LogP contribution in [0, 0.1) is 6.92 Å². The van der Waals surface area contributed by atoms with E-state index >= 15 is 0 Å². The Bertz CT molecular complexity index is 406. The first kappa shape index (κ1) is 16.9. The van der Waals surface area contributed by atoms with Gasteiger partial charge in [-0.25, -0.2) is 0 Å². The Morgan fingerprint density at radius 3 is 2.75 bits per heavy atom. The summed E-state index contributed by atoms with van der Waals surface area (Å²) in [6, 6.07) is 8.83. The molecule has 20 heavy (non-hydrogen) atoms. The van der Waals surface area contributed by atoms with Gasteiger partial charge in [0.15, 0.2) is 5.96 Å². The van der Waals surface area contributed by atoms with Crippen LogP contribution in [0.2, 0.25) is 0 Å². The zero-order valence-corrected chi connectivity index (χ0v) is 13.4. The van der Waals surface area contributed by atoms with Crippen molar-refractivity contribution in [1.82, 2.24) is 5.32 Å². The molecule has 0 aliphatic heterocycles. The molecule has 0 radical (unpaired) electrons. The fourth-order valence-electron chi connectivity index (χ4n) is 1.69. The van der Waals surface area contributed by atoms with Crippen LogP contribution in [0.3, 0.4) is 0 Å². The fraction of sp³-hybridized carbons (Fsp3) is 0.533. The zero-order chi connectivity index (χ0) is 14.8. The van der Waals surface area contributed by atoms with Crippen LogP contribution >= 0.6 is 11.8 Å². The Labute approximate surface area is 126 Å². The number of thioether (sulfide) groups is 1. The van der Waals surface area contributed by atoms with Gasteiger partial charge in [-0.2, -0.15) is 11.8 Å². The summed E-state index contributed by atoms with van der Waals surface area (Å²) in [6.07, 6.45) is 0. The van der Waals surface area contributed by atoms with E-state index in [4.69, 9.17) is 10.5 Å². The van der Waals surface area contributed by atoms with Crippen molar-refractivity contribution < 1.29 is 4.74 Å². The Hall–Kier alpha value is -1.20. The maximum absolute atomic E-state index is 5.79. The quantitative estimate of drug-likeness (QED) is 0.438. The van der Waals surface area contributed by atoms with Gasteiger partial charge in [-0.1, -0.05) is 29.8 Å². The van der Waals surface area contributed by atoms with E-state index in [0.29, 0.717) is 12.6 Å². The van der Waals surface area contributed by atoms with Crippen LogP contribution in [0.15, 0.2) is 29.3 Å². The SMILES string of the molecule is COCC(C)NC(N)=NCCSCc1ccc(C)cc1. The summed E-state index contributed by atoms with van der Waals surface area (Å²) in [5, 5.41) is 3.09. The number of aliphatic imine (C=N–C) groups is 1. The highest BCUT2D eigenvalue weighted by Gasteiger charge is 2.01. The first-order valence-corrected chi connectivity index (χ1v) is 7.96. The second-order valence-electron chi connectivity index (χ2n) is 4.81. The lowest BCUT2D eigenvalue weighted by Gasteiger charge is -2.12. The number of benzene rings is 1. The molecule has 0 bridgehead atoms. The highest BCUT2D eigenvalue weighted by molar-refractivity contribution is 7.98. The first-order valence-electron chi connectivity index (χ1n) is 6.80. The smallest absolute Gasteiger partial charge is 0.188 e. The van der Waals surface area contributed by atoms with Crippen LogP contribution < -0.4 is 11.1 Å². The van der Waals surface area contributed by atoms with Crippen LogP contribution in [-0.2, 0) is 10.5 Å². The predicted octanol–water partition coefficient (Wildman–Crippen LogP) is 2.17. The van der Waals surface area contributed by atoms with Crippen molar-refractivity contribution in [3.05, 3.63) is 35.4 Å². The molecular formula is C15H25N3OS. The Balaban J connectivity index is 2.16. The molecule has 0 heterocycles. The number of hydrogen-bond donors (Lipinski definition) is 2. The molecule has 0 aromatic heterocycles. The molecular weight excluding hydrogens is 270 g/mol. The highest BCUT2D eigenvalue weighted by Crippen LogP contribution is 2.12. The summed E-state index contributed by atoms with van der Waals surface area (Å²) in [4.78, 5) is 4.30. The van der Waals surface area contributed by atoms with Crippen molar-refractivity contribution in [3.63, 3.8) is 0 Å². The lowest BCUT2D eigenvalue weighted by molar-refractivity contribution is 0.179. The standard InChI is InChI=1S/C15H25N3OS/c1-12-4-6-14(7-5-12)11-20-9-8-17-15(16)18-13(2)10-19-3/h4-7,13H,8-11H2,1-3H3,(H3,16,17,18). The molecule has 112 valence electrons. The monoisotopic (exact) mass is 295 g/mol. The van der Waals surface area contributed by atoms with Crippen LogP contribution in [0.25, 0.3) is 0 Å². The molecule has 1 aromatic rings. The zero-order valence-electron chi connectivity index (χ0n) is 12.6. The number of rotatable bonds is 8. The second kappa shape index (κ2) is 9.66. The Morgan fingerprint density at radius 2 is 2.10 bits per heavy atom. The molecule has 3 N–H and O–H groups in total. The molecule has 1 atom stereocenters. The Morgan fingerprint density at radius 1 is 1.40 bits per heavy atom. The average molecular weight is 295 g/mol. The van der Waals surface area contributed by atoms with Crippen LogP contribution in [-0.4, -0.2) is 38.0 Å². The van der Waals surface area contributed by atoms with Gasteiger partial charge in [0.25, 0.3) is 0 Å². The molecule has 1 unspecified atom stereocenters. The van der Waals surface area contributed by atoms with Gasteiger partial charge < -0.3 is 15.8 Å². The van der Waals surface area contributed by atoms with Crippen molar-refractivity contribution in [2.24, 2.45) is 10.7 Å². The molecule has 0 aliphatic rings. The third-order valence-corrected chi connectivity index (χ3v) is 3.73. The molecule has 0 spiro atoms. The van der Waals surface area contributed by atoms with E-state index in [0.717, 1.165) is 18.1 Å². The number of guanidine groups is 1. The minimum atomic E-state index is 0.184. The van der Waals surface area contributed by atoms with Crippen molar-refractivity contribution in [3.8, 4) is 0 Å². The van der Waals surface area contributed by atoms with Gasteiger partial charge in [0.05, 0.1) is 13.2 Å². The minimum absolute atomic E-state index is 0.184. The number of ether oxygens (including phenoxy) is 1. The largest absolute Gasteiger partial charge is 0.383 e. The maximum Gasteiger partial charge on any atom is 0.188 e. The summed E-state index contributed by atoms with van der Waals surface area (Å²) >= 11 is 1.87. The maximum atomic E-state index is 5.79. The molecule has 4 nitrogen and oxygen atoms in total. The third kappa shape index (κ3) is 7.40. The van der Waals surface area contributed by atoms with Crippen molar-refractivity contribution in [1.29, 1.82) is 0 Å². The molecule has 0 aliphatic carbocycles. The average Bonchev–Trinajstić information content (AvgIpc) is 2.40. The summed E-state index contributed by atoms with van der Waals surface area (Å²) < 4.78 is 5.03. The second-order valence-corrected chi connectivity index (χ2v) is 5.91. The van der Waals surface area contributed by atoms with Crippen molar-refractivity contribution in [2.75, 3.05) is 26.0 Å². The lowest BCUT2D eigenvalue weighted by atomic mass is 10.2. The first-order chi connectivity index (χ1) is 9.61. The van der Waals surface area contributed by atoms with Crippen LogP contribution in [0.1, 0.15) is 18.1 Å². The topological polar surface area (TPSA) is 59.6 Å². The predicted molar refractivity (Wildman–Crippen MR) is 88.3 cm³/mol. The van der Waals surface area contributed by atoms with E-state index in [9.17, 15) is 0 Å². The number of nitrogens with zero attached hydrogens (tertiary/aromatic N) is 1. The van der Waals surface area contributed by atoms with Crippen LogP contribution in [0.5, 0.6) is 0 Å². The summed E-state index contributed by atoms with van der Waals surface area (Å²) in [6.45, 7) is 5.47. The van der Waals surface area contributed by atoms with Crippen LogP contribution in [0.4, 0.5) is 0 Å². The van der Waals surface area contributed by atoms with Gasteiger partial charge in [0.1, 0.15) is 0 Å².